The number of aliphatic hydroxyl groups excluding tert-OH is 1. The van der Waals surface area contributed by atoms with Gasteiger partial charge in [0, 0.05) is 6.54 Å². The van der Waals surface area contributed by atoms with Gasteiger partial charge in [0.2, 0.25) is 0 Å². The number of aliphatic imine (C=N–C) groups is 1. The third-order valence-corrected chi connectivity index (χ3v) is 3.58. The number of halogens is 1. The van der Waals surface area contributed by atoms with Gasteiger partial charge in [-0.3, -0.25) is 0 Å². The van der Waals surface area contributed by atoms with Gasteiger partial charge in [0.05, 0.1) is 19.4 Å². The van der Waals surface area contributed by atoms with Gasteiger partial charge in [-0.1, -0.05) is 23.8 Å². The lowest BCUT2D eigenvalue weighted by molar-refractivity contribution is 0.153. The third-order valence-electron chi connectivity index (χ3n) is 3.58. The number of hydrogen-bond acceptors (Lipinski definition) is 3. The van der Waals surface area contributed by atoms with Gasteiger partial charge in [0.25, 0.3) is 0 Å². The van der Waals surface area contributed by atoms with E-state index in [4.69, 9.17) is 4.42 Å². The van der Waals surface area contributed by atoms with Crippen LogP contribution < -0.4 is 10.6 Å². The van der Waals surface area contributed by atoms with Gasteiger partial charge < -0.3 is 20.2 Å². The van der Waals surface area contributed by atoms with Crippen molar-refractivity contribution in [3.63, 3.8) is 0 Å². The van der Waals surface area contributed by atoms with Crippen molar-refractivity contribution in [3.8, 4) is 0 Å². The fraction of sp³-hybridized carbons (Fsp3) is 0.389. The molecule has 2 aromatic rings. The Bertz CT molecular complexity index is 642. The Morgan fingerprint density at radius 3 is 2.67 bits per heavy atom. The molecule has 1 heterocycles. The Balaban J connectivity index is 0.00000288. The molecular weight excluding hydrogens is 417 g/mol. The molecule has 0 radical (unpaired) electrons. The molecule has 0 spiro atoms. The molecule has 3 N–H and O–H groups in total. The van der Waals surface area contributed by atoms with E-state index in [0.717, 1.165) is 6.54 Å². The summed E-state index contributed by atoms with van der Waals surface area (Å²) in [7, 11) is 0. The van der Waals surface area contributed by atoms with Gasteiger partial charge in [-0.05, 0) is 44.0 Å². The Morgan fingerprint density at radius 1 is 1.25 bits per heavy atom. The zero-order valence-electron chi connectivity index (χ0n) is 14.4. The molecule has 1 aromatic heterocycles. The molecule has 1 aromatic carbocycles. The molecule has 1 atom stereocenters. The van der Waals surface area contributed by atoms with Crippen molar-refractivity contribution < 1.29 is 9.52 Å². The molecule has 0 aliphatic carbocycles. The maximum Gasteiger partial charge on any atom is 0.191 e. The second-order valence-electron chi connectivity index (χ2n) is 5.54. The van der Waals surface area contributed by atoms with Gasteiger partial charge in [0.1, 0.15) is 11.9 Å². The number of aliphatic hydroxyl groups is 1. The molecule has 1 unspecified atom stereocenters. The van der Waals surface area contributed by atoms with Crippen LogP contribution in [0.15, 0.2) is 46.0 Å². The fourth-order valence-corrected chi connectivity index (χ4v) is 2.30. The number of aryl methyl sites for hydroxylation is 2. The van der Waals surface area contributed by atoms with Crippen LogP contribution in [-0.2, 0) is 6.54 Å². The molecule has 132 valence electrons. The van der Waals surface area contributed by atoms with Crippen molar-refractivity contribution >= 4 is 29.9 Å². The van der Waals surface area contributed by atoms with E-state index in [1.165, 1.54) is 16.7 Å². The van der Waals surface area contributed by atoms with Gasteiger partial charge in [-0.2, -0.15) is 0 Å². The van der Waals surface area contributed by atoms with Crippen LogP contribution in [-0.4, -0.2) is 24.2 Å². The third kappa shape index (κ3) is 6.16. The van der Waals surface area contributed by atoms with E-state index in [2.05, 4.69) is 47.7 Å². The second kappa shape index (κ2) is 10.4. The highest BCUT2D eigenvalue weighted by Gasteiger charge is 2.10. The van der Waals surface area contributed by atoms with E-state index in [9.17, 15) is 5.11 Å². The first-order valence-corrected chi connectivity index (χ1v) is 7.90. The SMILES string of the molecule is CCNC(=NCc1ccc(C)cc1C)NCC(O)c1ccco1.I. The lowest BCUT2D eigenvalue weighted by atomic mass is 10.1. The largest absolute Gasteiger partial charge is 0.467 e. The van der Waals surface area contributed by atoms with Crippen LogP contribution in [0.2, 0.25) is 0 Å². The lowest BCUT2D eigenvalue weighted by Crippen LogP contribution is -2.39. The van der Waals surface area contributed by atoms with E-state index in [1.807, 2.05) is 6.92 Å². The molecule has 6 heteroatoms. The lowest BCUT2D eigenvalue weighted by Gasteiger charge is -2.14. The van der Waals surface area contributed by atoms with E-state index in [-0.39, 0.29) is 24.0 Å². The normalized spacial score (nSPS) is 12.4. The number of benzene rings is 1. The monoisotopic (exact) mass is 443 g/mol. The Morgan fingerprint density at radius 2 is 2.04 bits per heavy atom. The number of nitrogens with one attached hydrogen (secondary N) is 2. The molecule has 0 amide bonds. The Hall–Kier alpha value is -1.54. The molecule has 24 heavy (non-hydrogen) atoms. The first kappa shape index (κ1) is 20.5. The number of rotatable bonds is 6. The first-order chi connectivity index (χ1) is 11.1. The molecule has 5 nitrogen and oxygen atoms in total. The topological polar surface area (TPSA) is 69.8 Å². The molecule has 0 saturated heterocycles. The van der Waals surface area contributed by atoms with Gasteiger partial charge in [0.15, 0.2) is 5.96 Å². The van der Waals surface area contributed by atoms with Crippen molar-refractivity contribution in [2.45, 2.75) is 33.4 Å². The van der Waals surface area contributed by atoms with Crippen LogP contribution in [0.5, 0.6) is 0 Å². The second-order valence-corrected chi connectivity index (χ2v) is 5.54. The molecule has 0 fully saturated rings. The zero-order valence-corrected chi connectivity index (χ0v) is 16.7. The summed E-state index contributed by atoms with van der Waals surface area (Å²) >= 11 is 0. The highest BCUT2D eigenvalue weighted by atomic mass is 127. The van der Waals surface area contributed by atoms with Crippen molar-refractivity contribution in [2.75, 3.05) is 13.1 Å². The van der Waals surface area contributed by atoms with Crippen molar-refractivity contribution in [3.05, 3.63) is 59.0 Å². The molecular formula is C18H26IN3O2. The van der Waals surface area contributed by atoms with E-state index in [1.54, 1.807) is 18.4 Å². The minimum absolute atomic E-state index is 0. The summed E-state index contributed by atoms with van der Waals surface area (Å²) in [5.74, 6) is 1.22. The van der Waals surface area contributed by atoms with Crippen LogP contribution in [0.3, 0.4) is 0 Å². The van der Waals surface area contributed by atoms with Crippen LogP contribution in [0.1, 0.15) is 35.5 Å². The van der Waals surface area contributed by atoms with Crippen LogP contribution in [0.4, 0.5) is 0 Å². The molecule has 0 aliphatic rings. The highest BCUT2D eigenvalue weighted by Crippen LogP contribution is 2.12. The summed E-state index contributed by atoms with van der Waals surface area (Å²) < 4.78 is 5.19. The minimum atomic E-state index is -0.699. The Labute approximate surface area is 160 Å². The van der Waals surface area contributed by atoms with Gasteiger partial charge >= 0.3 is 0 Å². The summed E-state index contributed by atoms with van der Waals surface area (Å²) in [6.07, 6.45) is 0.854. The van der Waals surface area contributed by atoms with E-state index < -0.39 is 6.10 Å². The quantitative estimate of drug-likeness (QED) is 0.364. The molecule has 0 bridgehead atoms. The predicted molar refractivity (Wildman–Crippen MR) is 108 cm³/mol. The summed E-state index contributed by atoms with van der Waals surface area (Å²) in [5.41, 5.74) is 3.68. The van der Waals surface area contributed by atoms with Crippen molar-refractivity contribution in [1.82, 2.24) is 10.6 Å². The summed E-state index contributed by atoms with van der Waals surface area (Å²) in [5, 5.41) is 16.4. The van der Waals surface area contributed by atoms with Gasteiger partial charge in [-0.15, -0.1) is 24.0 Å². The standard InChI is InChI=1S/C18H25N3O2.HI/c1-4-19-18(21-12-16(22)17-6-5-9-23-17)20-11-15-8-7-13(2)10-14(15)3;/h5-10,16,22H,4,11-12H2,1-3H3,(H2,19,20,21);1H. The molecule has 2 rings (SSSR count). The van der Waals surface area contributed by atoms with Crippen LogP contribution in [0.25, 0.3) is 0 Å². The van der Waals surface area contributed by atoms with Crippen LogP contribution in [0, 0.1) is 13.8 Å². The maximum absolute atomic E-state index is 10.0. The number of nitrogens with zero attached hydrogens (tertiary/aromatic N) is 1. The first-order valence-electron chi connectivity index (χ1n) is 7.90. The molecule has 0 saturated carbocycles. The van der Waals surface area contributed by atoms with E-state index >= 15 is 0 Å². The summed E-state index contributed by atoms with van der Waals surface area (Å²) in [4.78, 5) is 4.58. The van der Waals surface area contributed by atoms with Gasteiger partial charge in [-0.25, -0.2) is 4.99 Å². The average Bonchev–Trinajstić information content (AvgIpc) is 3.05. The van der Waals surface area contributed by atoms with Crippen LogP contribution >= 0.6 is 24.0 Å². The Kier molecular flexibility index (Phi) is 8.84. The van der Waals surface area contributed by atoms with Crippen molar-refractivity contribution in [1.29, 1.82) is 0 Å². The van der Waals surface area contributed by atoms with Crippen molar-refractivity contribution in [2.24, 2.45) is 4.99 Å². The maximum atomic E-state index is 10.0. The summed E-state index contributed by atoms with van der Waals surface area (Å²) in [6.45, 7) is 7.89. The number of guanidine groups is 1. The number of hydrogen-bond donors (Lipinski definition) is 3. The minimum Gasteiger partial charge on any atom is -0.467 e. The molecule has 0 aliphatic heterocycles. The highest BCUT2D eigenvalue weighted by molar-refractivity contribution is 14.0. The number of furan rings is 1. The zero-order chi connectivity index (χ0) is 16.7. The predicted octanol–water partition coefficient (Wildman–Crippen LogP) is 3.30. The summed E-state index contributed by atoms with van der Waals surface area (Å²) in [6, 6.07) is 9.88. The smallest absolute Gasteiger partial charge is 0.191 e. The fourth-order valence-electron chi connectivity index (χ4n) is 2.30. The van der Waals surface area contributed by atoms with E-state index in [0.29, 0.717) is 24.8 Å². The average molecular weight is 443 g/mol.